The maximum Gasteiger partial charge on any atom is 0.242 e. The number of aryl methyl sites for hydroxylation is 1. The summed E-state index contributed by atoms with van der Waals surface area (Å²) in [6.07, 6.45) is 1.37. The zero-order chi connectivity index (χ0) is 22.4. The summed E-state index contributed by atoms with van der Waals surface area (Å²) in [7, 11) is 0. The summed E-state index contributed by atoms with van der Waals surface area (Å²) >= 11 is 1.65. The van der Waals surface area contributed by atoms with Crippen molar-refractivity contribution in [2.24, 2.45) is 5.92 Å². The molecule has 0 saturated carbocycles. The van der Waals surface area contributed by atoms with Crippen LogP contribution in [0.5, 0.6) is 11.5 Å². The number of carbonyl (C=O) groups is 2. The molecule has 0 saturated heterocycles. The standard InChI is InChI=1S/C24H32N2O4S/c1-5-17(3)12-25(23(27)6-2)15-24(28)26(14-22-18(4)9-10-31-22)13-19-7-8-20-21(11-19)30-16-29-20/h7-11,17H,5-6,12-16H2,1-4H3/t17-/m0/s1. The van der Waals surface area contributed by atoms with Crippen LogP contribution in [0.2, 0.25) is 0 Å². The van der Waals surface area contributed by atoms with Gasteiger partial charge in [0.1, 0.15) is 0 Å². The van der Waals surface area contributed by atoms with Crippen LogP contribution in [0, 0.1) is 12.8 Å². The summed E-state index contributed by atoms with van der Waals surface area (Å²) in [5, 5.41) is 2.05. The lowest BCUT2D eigenvalue weighted by molar-refractivity contribution is -0.141. The summed E-state index contributed by atoms with van der Waals surface area (Å²) in [6.45, 7) is 10.0. The molecule has 0 spiro atoms. The summed E-state index contributed by atoms with van der Waals surface area (Å²) in [4.78, 5) is 30.6. The molecular weight excluding hydrogens is 412 g/mol. The molecule has 1 aliphatic rings. The van der Waals surface area contributed by atoms with Crippen LogP contribution in [-0.4, -0.2) is 41.5 Å². The van der Waals surface area contributed by atoms with Gasteiger partial charge in [-0.15, -0.1) is 11.3 Å². The lowest BCUT2D eigenvalue weighted by Gasteiger charge is -2.29. The van der Waals surface area contributed by atoms with Crippen molar-refractivity contribution in [3.63, 3.8) is 0 Å². The van der Waals surface area contributed by atoms with E-state index in [1.807, 2.05) is 35.4 Å². The van der Waals surface area contributed by atoms with Gasteiger partial charge in [-0.05, 0) is 47.5 Å². The Kier molecular flexibility index (Phi) is 7.96. The Morgan fingerprint density at radius 3 is 2.52 bits per heavy atom. The van der Waals surface area contributed by atoms with Gasteiger partial charge in [0.05, 0.1) is 13.1 Å². The monoisotopic (exact) mass is 444 g/mol. The molecule has 168 valence electrons. The van der Waals surface area contributed by atoms with E-state index in [1.54, 1.807) is 16.2 Å². The first-order valence-corrected chi connectivity index (χ1v) is 11.8. The minimum atomic E-state index is -0.0458. The van der Waals surface area contributed by atoms with E-state index in [4.69, 9.17) is 9.47 Å². The maximum absolute atomic E-state index is 13.4. The molecular formula is C24H32N2O4S. The third kappa shape index (κ3) is 6.00. The number of fused-ring (bicyclic) bond motifs is 1. The molecule has 7 heteroatoms. The molecule has 0 bridgehead atoms. The van der Waals surface area contributed by atoms with Gasteiger partial charge in [-0.25, -0.2) is 0 Å². The van der Waals surface area contributed by atoms with Crippen LogP contribution in [0.4, 0.5) is 0 Å². The van der Waals surface area contributed by atoms with Crippen molar-refractivity contribution in [3.05, 3.63) is 45.6 Å². The van der Waals surface area contributed by atoms with Gasteiger partial charge < -0.3 is 19.3 Å². The normalized spacial score (nSPS) is 13.2. The lowest BCUT2D eigenvalue weighted by Crippen LogP contribution is -2.43. The topological polar surface area (TPSA) is 59.1 Å². The van der Waals surface area contributed by atoms with Gasteiger partial charge in [-0.3, -0.25) is 9.59 Å². The molecule has 2 heterocycles. The molecule has 3 rings (SSSR count). The SMILES string of the molecule is CCC(=O)N(CC(=O)N(Cc1ccc2c(c1)OCO2)Cc1sccc1C)C[C@@H](C)CC. The Bertz CT molecular complexity index is 911. The number of ether oxygens (including phenoxy) is 2. The van der Waals surface area contributed by atoms with Crippen LogP contribution in [-0.2, 0) is 22.7 Å². The van der Waals surface area contributed by atoms with Gasteiger partial charge in [0, 0.05) is 24.4 Å². The summed E-state index contributed by atoms with van der Waals surface area (Å²) in [5.41, 5.74) is 2.15. The zero-order valence-electron chi connectivity index (χ0n) is 18.8. The highest BCUT2D eigenvalue weighted by Gasteiger charge is 2.23. The molecule has 1 aromatic heterocycles. The van der Waals surface area contributed by atoms with Gasteiger partial charge in [-0.2, -0.15) is 0 Å². The molecule has 31 heavy (non-hydrogen) atoms. The minimum absolute atomic E-state index is 0.0176. The van der Waals surface area contributed by atoms with Gasteiger partial charge in [0.2, 0.25) is 18.6 Å². The fourth-order valence-corrected chi connectivity index (χ4v) is 4.40. The molecule has 2 amide bonds. The Hall–Kier alpha value is -2.54. The van der Waals surface area contributed by atoms with Crippen LogP contribution < -0.4 is 9.47 Å². The Labute approximate surface area is 188 Å². The average molecular weight is 445 g/mol. The molecule has 1 aromatic carbocycles. The molecule has 0 fully saturated rings. The molecule has 0 N–H and O–H groups in total. The molecule has 0 aliphatic carbocycles. The van der Waals surface area contributed by atoms with E-state index in [0.29, 0.717) is 37.7 Å². The largest absolute Gasteiger partial charge is 0.454 e. The highest BCUT2D eigenvalue weighted by molar-refractivity contribution is 7.10. The molecule has 0 radical (unpaired) electrons. The fraction of sp³-hybridized carbons (Fsp3) is 0.500. The number of hydrogen-bond acceptors (Lipinski definition) is 5. The van der Waals surface area contributed by atoms with E-state index >= 15 is 0 Å². The smallest absolute Gasteiger partial charge is 0.242 e. The summed E-state index contributed by atoms with van der Waals surface area (Å²) < 4.78 is 10.9. The van der Waals surface area contributed by atoms with Crippen LogP contribution in [0.3, 0.4) is 0 Å². The quantitative estimate of drug-likeness (QED) is 0.537. The number of benzene rings is 1. The van der Waals surface area contributed by atoms with Crippen molar-refractivity contribution in [1.29, 1.82) is 0 Å². The fourth-order valence-electron chi connectivity index (χ4n) is 3.48. The third-order valence-electron chi connectivity index (χ3n) is 5.68. The number of hydrogen-bond donors (Lipinski definition) is 0. The molecule has 1 atom stereocenters. The first kappa shape index (κ1) is 23.1. The molecule has 2 aromatic rings. The Balaban J connectivity index is 1.79. The molecule has 0 unspecified atom stereocenters. The maximum atomic E-state index is 13.4. The van der Waals surface area contributed by atoms with E-state index in [-0.39, 0.29) is 25.2 Å². The highest BCUT2D eigenvalue weighted by atomic mass is 32.1. The van der Waals surface area contributed by atoms with Crippen molar-refractivity contribution < 1.29 is 19.1 Å². The van der Waals surface area contributed by atoms with Crippen LogP contribution in [0.25, 0.3) is 0 Å². The van der Waals surface area contributed by atoms with E-state index in [0.717, 1.165) is 22.6 Å². The number of carbonyl (C=O) groups excluding carboxylic acids is 2. The van der Waals surface area contributed by atoms with E-state index in [2.05, 4.69) is 26.8 Å². The lowest BCUT2D eigenvalue weighted by atomic mass is 10.1. The number of amides is 2. The van der Waals surface area contributed by atoms with E-state index in [1.165, 1.54) is 5.56 Å². The van der Waals surface area contributed by atoms with Crippen molar-refractivity contribution in [2.75, 3.05) is 19.9 Å². The Morgan fingerprint density at radius 1 is 1.06 bits per heavy atom. The Morgan fingerprint density at radius 2 is 1.84 bits per heavy atom. The second-order valence-corrected chi connectivity index (χ2v) is 9.11. The zero-order valence-corrected chi connectivity index (χ0v) is 19.7. The second kappa shape index (κ2) is 10.7. The van der Waals surface area contributed by atoms with Crippen LogP contribution in [0.15, 0.2) is 29.6 Å². The average Bonchev–Trinajstić information content (AvgIpc) is 3.40. The van der Waals surface area contributed by atoms with E-state index < -0.39 is 0 Å². The van der Waals surface area contributed by atoms with E-state index in [9.17, 15) is 9.59 Å². The van der Waals surface area contributed by atoms with Crippen molar-refractivity contribution in [2.45, 2.75) is 53.6 Å². The van der Waals surface area contributed by atoms with Gasteiger partial charge in [-0.1, -0.05) is 33.3 Å². The number of rotatable bonds is 10. The third-order valence-corrected chi connectivity index (χ3v) is 6.68. The predicted octanol–water partition coefficient (Wildman–Crippen LogP) is 4.60. The van der Waals surface area contributed by atoms with Crippen molar-refractivity contribution in [1.82, 2.24) is 9.80 Å². The first-order valence-electron chi connectivity index (χ1n) is 10.9. The number of nitrogens with zero attached hydrogens (tertiary/aromatic N) is 2. The van der Waals surface area contributed by atoms with Crippen LogP contribution >= 0.6 is 11.3 Å². The van der Waals surface area contributed by atoms with Gasteiger partial charge >= 0.3 is 0 Å². The number of thiophene rings is 1. The predicted molar refractivity (Wildman–Crippen MR) is 122 cm³/mol. The first-order chi connectivity index (χ1) is 14.9. The van der Waals surface area contributed by atoms with Crippen molar-refractivity contribution in [3.8, 4) is 11.5 Å². The van der Waals surface area contributed by atoms with Gasteiger partial charge in [0.25, 0.3) is 0 Å². The molecule has 1 aliphatic heterocycles. The summed E-state index contributed by atoms with van der Waals surface area (Å²) in [6, 6.07) is 7.84. The van der Waals surface area contributed by atoms with Gasteiger partial charge in [0.15, 0.2) is 11.5 Å². The van der Waals surface area contributed by atoms with Crippen molar-refractivity contribution >= 4 is 23.2 Å². The second-order valence-electron chi connectivity index (χ2n) is 8.11. The highest BCUT2D eigenvalue weighted by Crippen LogP contribution is 2.33. The molecule has 6 nitrogen and oxygen atoms in total. The minimum Gasteiger partial charge on any atom is -0.454 e. The summed E-state index contributed by atoms with van der Waals surface area (Å²) in [5.74, 6) is 1.76. The van der Waals surface area contributed by atoms with Crippen LogP contribution in [0.1, 0.15) is 49.6 Å².